The van der Waals surface area contributed by atoms with Gasteiger partial charge in [-0.3, -0.25) is 9.59 Å². The summed E-state index contributed by atoms with van der Waals surface area (Å²) >= 11 is 0. The molecule has 7 nitrogen and oxygen atoms in total. The maximum Gasteiger partial charge on any atom is 0.319 e. The van der Waals surface area contributed by atoms with Gasteiger partial charge in [-0.2, -0.15) is 0 Å². The fourth-order valence-corrected chi connectivity index (χ4v) is 2.62. The highest BCUT2D eigenvalue weighted by molar-refractivity contribution is 5.89. The Hall–Kier alpha value is -2.57. The van der Waals surface area contributed by atoms with Crippen molar-refractivity contribution in [2.45, 2.75) is 25.7 Å². The van der Waals surface area contributed by atoms with E-state index < -0.39 is 0 Å². The number of rotatable bonds is 7. The van der Waals surface area contributed by atoms with Crippen molar-refractivity contribution in [2.24, 2.45) is 0 Å². The third-order valence-electron chi connectivity index (χ3n) is 3.89. The first-order valence-electron chi connectivity index (χ1n) is 8.20. The number of likely N-dealkylation sites (tertiary alicyclic amines) is 1. The molecule has 0 radical (unpaired) electrons. The fraction of sp³-hybridized carbons (Fsp3) is 0.471. The number of nitrogens with one attached hydrogen (secondary N) is 3. The minimum atomic E-state index is -0.292. The third-order valence-corrected chi connectivity index (χ3v) is 3.89. The topological polar surface area (TPSA) is 90.5 Å². The number of hydrogen-bond acceptors (Lipinski definition) is 3. The summed E-state index contributed by atoms with van der Waals surface area (Å²) in [7, 11) is 1.59. The first-order chi connectivity index (χ1) is 11.6. The average molecular weight is 332 g/mol. The molecule has 1 aromatic carbocycles. The van der Waals surface area contributed by atoms with E-state index >= 15 is 0 Å². The van der Waals surface area contributed by atoms with E-state index in [1.807, 2.05) is 11.0 Å². The van der Waals surface area contributed by atoms with Crippen LogP contribution in [0.4, 0.5) is 10.5 Å². The second kappa shape index (κ2) is 8.90. The van der Waals surface area contributed by atoms with E-state index in [0.717, 1.165) is 24.9 Å². The molecule has 0 bridgehead atoms. The van der Waals surface area contributed by atoms with Crippen molar-refractivity contribution in [2.75, 3.05) is 32.0 Å². The number of carbonyl (C=O) groups is 3. The van der Waals surface area contributed by atoms with Crippen molar-refractivity contribution in [3.05, 3.63) is 29.8 Å². The first-order valence-corrected chi connectivity index (χ1v) is 8.20. The van der Waals surface area contributed by atoms with Gasteiger partial charge in [0, 0.05) is 38.8 Å². The second-order valence-corrected chi connectivity index (χ2v) is 5.77. The maximum atomic E-state index is 11.9. The van der Waals surface area contributed by atoms with Crippen molar-refractivity contribution in [1.82, 2.24) is 15.5 Å². The van der Waals surface area contributed by atoms with Crippen molar-refractivity contribution in [3.63, 3.8) is 0 Å². The molecule has 24 heavy (non-hydrogen) atoms. The second-order valence-electron chi connectivity index (χ2n) is 5.77. The monoisotopic (exact) mass is 332 g/mol. The molecule has 0 aromatic heterocycles. The van der Waals surface area contributed by atoms with Gasteiger partial charge in [-0.15, -0.1) is 0 Å². The van der Waals surface area contributed by atoms with Crippen molar-refractivity contribution in [3.8, 4) is 0 Å². The highest BCUT2D eigenvalue weighted by atomic mass is 16.2. The van der Waals surface area contributed by atoms with Gasteiger partial charge in [0.15, 0.2) is 0 Å². The minimum absolute atomic E-state index is 0.0759. The first kappa shape index (κ1) is 17.8. The quantitative estimate of drug-likeness (QED) is 0.653. The Morgan fingerprint density at radius 2 is 2.12 bits per heavy atom. The molecule has 0 atom stereocenters. The van der Waals surface area contributed by atoms with Gasteiger partial charge in [0.05, 0.1) is 6.42 Å². The summed E-state index contributed by atoms with van der Waals surface area (Å²) in [5.41, 5.74) is 1.48. The van der Waals surface area contributed by atoms with Crippen LogP contribution in [0.5, 0.6) is 0 Å². The standard InChI is InChI=1S/C17H24N4O3/c1-18-15(22)12-13-5-2-6-14(11-13)20-17(24)19-8-4-10-21-9-3-7-16(21)23/h2,5-6,11H,3-4,7-10,12H2,1H3,(H,18,22)(H2,19,20,24). The number of carbonyl (C=O) groups excluding carboxylic acids is 3. The van der Waals surface area contributed by atoms with E-state index in [4.69, 9.17) is 0 Å². The lowest BCUT2D eigenvalue weighted by atomic mass is 10.1. The van der Waals surface area contributed by atoms with Gasteiger partial charge in [0.1, 0.15) is 0 Å². The molecule has 3 N–H and O–H groups in total. The number of anilines is 1. The Labute approximate surface area is 141 Å². The number of amides is 4. The molecule has 2 rings (SSSR count). The number of hydrogen-bond donors (Lipinski definition) is 3. The maximum absolute atomic E-state index is 11.9. The molecule has 1 aliphatic heterocycles. The van der Waals surface area contributed by atoms with Crippen LogP contribution in [0.25, 0.3) is 0 Å². The van der Waals surface area contributed by atoms with Crippen LogP contribution in [0.1, 0.15) is 24.8 Å². The fourth-order valence-electron chi connectivity index (χ4n) is 2.62. The van der Waals surface area contributed by atoms with Gasteiger partial charge in [-0.05, 0) is 30.5 Å². The lowest BCUT2D eigenvalue weighted by molar-refractivity contribution is -0.127. The summed E-state index contributed by atoms with van der Waals surface area (Å²) in [6.07, 6.45) is 2.58. The van der Waals surface area contributed by atoms with Gasteiger partial charge < -0.3 is 20.9 Å². The molecule has 0 saturated carbocycles. The summed E-state index contributed by atoms with van der Waals surface area (Å²) in [5, 5.41) is 8.09. The molecular weight excluding hydrogens is 308 g/mol. The number of likely N-dealkylation sites (N-methyl/N-ethyl adjacent to an activating group) is 1. The summed E-state index contributed by atoms with van der Waals surface area (Å²) in [6.45, 7) is 2.01. The lowest BCUT2D eigenvalue weighted by Gasteiger charge is -2.15. The Bertz CT molecular complexity index is 603. The van der Waals surface area contributed by atoms with Crippen LogP contribution in [-0.2, 0) is 16.0 Å². The van der Waals surface area contributed by atoms with Gasteiger partial charge in [0.2, 0.25) is 11.8 Å². The Morgan fingerprint density at radius 3 is 2.83 bits per heavy atom. The zero-order valence-electron chi connectivity index (χ0n) is 13.9. The molecule has 0 unspecified atom stereocenters. The van der Waals surface area contributed by atoms with Gasteiger partial charge in [-0.1, -0.05) is 12.1 Å². The zero-order chi connectivity index (χ0) is 17.4. The molecule has 130 valence electrons. The molecular formula is C17H24N4O3. The van der Waals surface area contributed by atoms with Crippen molar-refractivity contribution < 1.29 is 14.4 Å². The van der Waals surface area contributed by atoms with Crippen LogP contribution in [0.2, 0.25) is 0 Å². The molecule has 1 aromatic rings. The predicted molar refractivity (Wildman–Crippen MR) is 91.7 cm³/mol. The van der Waals surface area contributed by atoms with Crippen LogP contribution in [0.15, 0.2) is 24.3 Å². The molecule has 1 aliphatic rings. The van der Waals surface area contributed by atoms with E-state index in [0.29, 0.717) is 25.2 Å². The SMILES string of the molecule is CNC(=O)Cc1cccc(NC(=O)NCCCN2CCCC2=O)c1. The molecule has 0 spiro atoms. The van der Waals surface area contributed by atoms with Crippen LogP contribution in [-0.4, -0.2) is 49.4 Å². The highest BCUT2D eigenvalue weighted by Gasteiger charge is 2.18. The molecule has 1 saturated heterocycles. The van der Waals surface area contributed by atoms with Crippen LogP contribution < -0.4 is 16.0 Å². The number of nitrogens with zero attached hydrogens (tertiary/aromatic N) is 1. The van der Waals surface area contributed by atoms with Crippen LogP contribution in [0, 0.1) is 0 Å². The van der Waals surface area contributed by atoms with E-state index in [1.165, 1.54) is 0 Å². The predicted octanol–water partition coefficient (Wildman–Crippen LogP) is 1.11. The Balaban J connectivity index is 1.71. The Morgan fingerprint density at radius 1 is 1.29 bits per heavy atom. The van der Waals surface area contributed by atoms with E-state index in [9.17, 15) is 14.4 Å². The van der Waals surface area contributed by atoms with Crippen LogP contribution in [0.3, 0.4) is 0 Å². The number of urea groups is 1. The van der Waals surface area contributed by atoms with Gasteiger partial charge in [-0.25, -0.2) is 4.79 Å². The lowest BCUT2D eigenvalue weighted by Crippen LogP contribution is -2.33. The van der Waals surface area contributed by atoms with Crippen molar-refractivity contribution >= 4 is 23.5 Å². The summed E-state index contributed by atoms with van der Waals surface area (Å²) < 4.78 is 0. The Kier molecular flexibility index (Phi) is 6.60. The molecule has 1 fully saturated rings. The molecule has 1 heterocycles. The van der Waals surface area contributed by atoms with Crippen molar-refractivity contribution in [1.29, 1.82) is 0 Å². The van der Waals surface area contributed by atoms with Crippen LogP contribution >= 0.6 is 0 Å². The smallest absolute Gasteiger partial charge is 0.319 e. The normalized spacial score (nSPS) is 13.7. The van der Waals surface area contributed by atoms with Gasteiger partial charge in [0.25, 0.3) is 0 Å². The molecule has 4 amide bonds. The van der Waals surface area contributed by atoms with Gasteiger partial charge >= 0.3 is 6.03 Å². The summed E-state index contributed by atoms with van der Waals surface area (Å²) in [5.74, 6) is 0.125. The molecule has 7 heteroatoms. The highest BCUT2D eigenvalue weighted by Crippen LogP contribution is 2.11. The zero-order valence-corrected chi connectivity index (χ0v) is 13.9. The van der Waals surface area contributed by atoms with E-state index in [-0.39, 0.29) is 24.3 Å². The van der Waals surface area contributed by atoms with E-state index in [1.54, 1.807) is 25.2 Å². The summed E-state index contributed by atoms with van der Waals surface area (Å²) in [4.78, 5) is 36.6. The average Bonchev–Trinajstić information content (AvgIpc) is 2.97. The third kappa shape index (κ3) is 5.57. The number of benzene rings is 1. The molecule has 0 aliphatic carbocycles. The van der Waals surface area contributed by atoms with E-state index in [2.05, 4.69) is 16.0 Å². The summed E-state index contributed by atoms with van der Waals surface area (Å²) in [6, 6.07) is 6.89. The minimum Gasteiger partial charge on any atom is -0.359 e. The largest absolute Gasteiger partial charge is 0.359 e.